The first-order chi connectivity index (χ1) is 16.0. The van der Waals surface area contributed by atoms with Crippen LogP contribution in [0.1, 0.15) is 43.9 Å². The molecule has 0 unspecified atom stereocenters. The molecule has 0 saturated carbocycles. The lowest BCUT2D eigenvalue weighted by molar-refractivity contribution is -0.121. The van der Waals surface area contributed by atoms with Gasteiger partial charge in [0.05, 0.1) is 17.6 Å². The summed E-state index contributed by atoms with van der Waals surface area (Å²) in [5.74, 6) is 0.0845. The molecule has 7 nitrogen and oxygen atoms in total. The molecule has 0 bridgehead atoms. The van der Waals surface area contributed by atoms with Crippen LogP contribution < -0.4 is 10.9 Å². The highest BCUT2D eigenvalue weighted by molar-refractivity contribution is 6.30. The number of halogens is 1. The number of likely N-dealkylation sites (tertiary alicyclic amines) is 1. The largest absolute Gasteiger partial charge is 0.356 e. The summed E-state index contributed by atoms with van der Waals surface area (Å²) >= 11 is 6.03. The van der Waals surface area contributed by atoms with Crippen LogP contribution in [0.2, 0.25) is 5.02 Å². The normalized spacial score (nSPS) is 16.4. The zero-order valence-electron chi connectivity index (χ0n) is 19.0. The number of nitrogens with one attached hydrogen (secondary N) is 1. The minimum absolute atomic E-state index is 0.0845. The maximum atomic E-state index is 13.2. The van der Waals surface area contributed by atoms with Crippen LogP contribution in [-0.2, 0) is 17.8 Å². The summed E-state index contributed by atoms with van der Waals surface area (Å²) in [5.41, 5.74) is 1.80. The highest BCUT2D eigenvalue weighted by atomic mass is 35.5. The van der Waals surface area contributed by atoms with Crippen molar-refractivity contribution in [3.63, 3.8) is 0 Å². The molecule has 1 N–H and O–H groups in total. The number of benzene rings is 1. The highest BCUT2D eigenvalue weighted by Gasteiger charge is 2.26. The van der Waals surface area contributed by atoms with Crippen molar-refractivity contribution in [1.82, 2.24) is 25.0 Å². The molecule has 1 saturated heterocycles. The van der Waals surface area contributed by atoms with Crippen molar-refractivity contribution in [3.8, 4) is 0 Å². The van der Waals surface area contributed by atoms with Gasteiger partial charge in [0.25, 0.3) is 5.56 Å². The molecule has 2 aromatic heterocycles. The molecule has 4 rings (SSSR count). The molecule has 1 aliphatic heterocycles. The van der Waals surface area contributed by atoms with Gasteiger partial charge in [0, 0.05) is 54.8 Å². The number of hydrogen-bond acceptors (Lipinski definition) is 5. The predicted molar refractivity (Wildman–Crippen MR) is 131 cm³/mol. The fourth-order valence-electron chi connectivity index (χ4n) is 4.44. The molecule has 33 heavy (non-hydrogen) atoms. The van der Waals surface area contributed by atoms with Crippen molar-refractivity contribution < 1.29 is 4.79 Å². The van der Waals surface area contributed by atoms with E-state index in [1.165, 1.54) is 0 Å². The molecule has 0 radical (unpaired) electrons. The smallest absolute Gasteiger partial charge is 0.274 e. The highest BCUT2D eigenvalue weighted by Crippen LogP contribution is 2.21. The van der Waals surface area contributed by atoms with Crippen LogP contribution in [0, 0.1) is 0 Å². The van der Waals surface area contributed by atoms with E-state index in [4.69, 9.17) is 16.7 Å². The number of aromatic nitrogens is 3. The predicted octanol–water partition coefficient (Wildman–Crippen LogP) is 3.42. The van der Waals surface area contributed by atoms with Crippen LogP contribution >= 0.6 is 11.6 Å². The minimum Gasteiger partial charge on any atom is -0.356 e. The lowest BCUT2D eigenvalue weighted by Crippen LogP contribution is -2.39. The molecular weight excluding hydrogens is 438 g/mol. The Morgan fingerprint density at radius 1 is 1.21 bits per heavy atom. The van der Waals surface area contributed by atoms with Crippen molar-refractivity contribution in [1.29, 1.82) is 0 Å². The van der Waals surface area contributed by atoms with Gasteiger partial charge >= 0.3 is 0 Å². The molecule has 174 valence electrons. The van der Waals surface area contributed by atoms with E-state index < -0.39 is 0 Å². The summed E-state index contributed by atoms with van der Waals surface area (Å²) in [6.07, 6.45) is 7.42. The maximum absolute atomic E-state index is 13.2. The lowest BCUT2D eigenvalue weighted by Gasteiger charge is -2.24. The number of nitrogens with zero attached hydrogens (tertiary/aromatic N) is 4. The zero-order chi connectivity index (χ0) is 23.2. The molecule has 1 aromatic carbocycles. The van der Waals surface area contributed by atoms with Crippen LogP contribution in [0.25, 0.3) is 10.8 Å². The third kappa shape index (κ3) is 5.78. The Hall–Kier alpha value is -2.77. The van der Waals surface area contributed by atoms with E-state index in [2.05, 4.69) is 15.2 Å². The summed E-state index contributed by atoms with van der Waals surface area (Å²) < 4.78 is 1.60. The molecule has 1 amide bonds. The van der Waals surface area contributed by atoms with Gasteiger partial charge in [0.1, 0.15) is 0 Å². The van der Waals surface area contributed by atoms with Gasteiger partial charge in [-0.2, -0.15) is 5.10 Å². The third-order valence-corrected chi connectivity index (χ3v) is 6.46. The first-order valence-corrected chi connectivity index (χ1v) is 12.0. The summed E-state index contributed by atoms with van der Waals surface area (Å²) in [6, 6.07) is 9.64. The number of pyridine rings is 1. The molecule has 0 spiro atoms. The van der Waals surface area contributed by atoms with Crippen LogP contribution in [0.15, 0.2) is 47.5 Å². The van der Waals surface area contributed by atoms with E-state index in [0.29, 0.717) is 42.9 Å². The van der Waals surface area contributed by atoms with E-state index >= 15 is 0 Å². The van der Waals surface area contributed by atoms with Crippen LogP contribution in [-0.4, -0.2) is 51.2 Å². The molecule has 3 aromatic rings. The van der Waals surface area contributed by atoms with Gasteiger partial charge in [0.2, 0.25) is 5.91 Å². The number of fused-ring (bicyclic) bond motifs is 1. The maximum Gasteiger partial charge on any atom is 0.274 e. The van der Waals surface area contributed by atoms with Gasteiger partial charge in [-0.1, -0.05) is 30.7 Å². The minimum atomic E-state index is -0.0974. The summed E-state index contributed by atoms with van der Waals surface area (Å²) in [5, 5.41) is 9.82. The van der Waals surface area contributed by atoms with E-state index in [0.717, 1.165) is 42.5 Å². The van der Waals surface area contributed by atoms with Crippen molar-refractivity contribution in [2.24, 2.45) is 0 Å². The second kappa shape index (κ2) is 10.9. The Kier molecular flexibility index (Phi) is 7.73. The van der Waals surface area contributed by atoms with E-state index in [-0.39, 0.29) is 17.5 Å². The zero-order valence-corrected chi connectivity index (χ0v) is 19.7. The topological polar surface area (TPSA) is 80.1 Å². The molecule has 1 fully saturated rings. The quantitative estimate of drug-likeness (QED) is 0.521. The van der Waals surface area contributed by atoms with Crippen molar-refractivity contribution >= 4 is 28.3 Å². The van der Waals surface area contributed by atoms with Crippen molar-refractivity contribution in [2.45, 2.75) is 51.6 Å². The van der Waals surface area contributed by atoms with Gasteiger partial charge in [-0.25, -0.2) is 4.68 Å². The van der Waals surface area contributed by atoms with Gasteiger partial charge in [-0.05, 0) is 49.6 Å². The van der Waals surface area contributed by atoms with E-state index in [9.17, 15) is 9.59 Å². The monoisotopic (exact) mass is 467 g/mol. The molecule has 0 aliphatic carbocycles. The number of carbonyl (C=O) groups excluding carboxylic acids is 1. The number of hydrogen-bond donors (Lipinski definition) is 1. The first-order valence-electron chi connectivity index (χ1n) is 11.6. The Labute approximate surface area is 198 Å². The van der Waals surface area contributed by atoms with Crippen LogP contribution in [0.4, 0.5) is 0 Å². The number of rotatable bonds is 9. The van der Waals surface area contributed by atoms with Gasteiger partial charge < -0.3 is 5.32 Å². The third-order valence-electron chi connectivity index (χ3n) is 6.20. The van der Waals surface area contributed by atoms with Crippen molar-refractivity contribution in [3.05, 3.63) is 69.4 Å². The summed E-state index contributed by atoms with van der Waals surface area (Å²) in [6.45, 7) is 4.91. The van der Waals surface area contributed by atoms with Crippen LogP contribution in [0.3, 0.4) is 0 Å². The van der Waals surface area contributed by atoms with Crippen LogP contribution in [0.5, 0.6) is 0 Å². The number of amides is 1. The lowest BCUT2D eigenvalue weighted by atomic mass is 10.1. The Morgan fingerprint density at radius 2 is 2.03 bits per heavy atom. The molecule has 1 atom stereocenters. The Morgan fingerprint density at radius 3 is 2.82 bits per heavy atom. The Bertz CT molecular complexity index is 1160. The molecular formula is C25H30ClN5O2. The first kappa shape index (κ1) is 23.4. The summed E-state index contributed by atoms with van der Waals surface area (Å²) in [7, 11) is 0. The average molecular weight is 468 g/mol. The second-order valence-electron chi connectivity index (χ2n) is 8.59. The fourth-order valence-corrected chi connectivity index (χ4v) is 4.56. The van der Waals surface area contributed by atoms with Gasteiger partial charge in [0.15, 0.2) is 0 Å². The van der Waals surface area contributed by atoms with E-state index in [1.807, 2.05) is 31.2 Å². The standard InChI is InChI=1S/C25H30ClN5O2/c1-2-11-28-24(32)10-14-30-13-3-4-20(30)17-31-25(33)21-9-12-27-16-22(21)23(29-31)15-18-5-7-19(26)8-6-18/h5-9,12,16,20H,2-4,10-11,13-15,17H2,1H3,(H,28,32)/t20-/m1/s1. The fraction of sp³-hybridized carbons (Fsp3) is 0.440. The SMILES string of the molecule is CCCNC(=O)CCN1CCC[C@@H]1Cn1nc(Cc2ccc(Cl)cc2)c2cnccc2c1=O. The molecule has 3 heterocycles. The van der Waals surface area contributed by atoms with Crippen molar-refractivity contribution in [2.75, 3.05) is 19.6 Å². The Balaban J connectivity index is 1.55. The second-order valence-corrected chi connectivity index (χ2v) is 9.03. The van der Waals surface area contributed by atoms with Gasteiger partial charge in [-0.3, -0.25) is 19.5 Å². The van der Waals surface area contributed by atoms with E-state index in [1.54, 1.807) is 23.1 Å². The average Bonchev–Trinajstić information content (AvgIpc) is 3.27. The van der Waals surface area contributed by atoms with Gasteiger partial charge in [-0.15, -0.1) is 0 Å². The summed E-state index contributed by atoms with van der Waals surface area (Å²) in [4.78, 5) is 31.8. The molecule has 1 aliphatic rings. The molecule has 8 heteroatoms. The number of carbonyl (C=O) groups is 1.